The number of nitrogens with zero attached hydrogens (tertiary/aromatic N) is 1. The van der Waals surface area contributed by atoms with E-state index in [2.05, 4.69) is 111 Å². The second-order valence-electron chi connectivity index (χ2n) is 14.8. The zero-order valence-corrected chi connectivity index (χ0v) is 35.8. The summed E-state index contributed by atoms with van der Waals surface area (Å²) in [5.41, 5.74) is 0. The Bertz CT molecular complexity index is 1230. The highest BCUT2D eigenvalue weighted by Gasteiger charge is 2.25. The summed E-state index contributed by atoms with van der Waals surface area (Å²) in [6.07, 6.45) is 50.1. The highest BCUT2D eigenvalue weighted by atomic mass is 16.6. The predicted molar refractivity (Wildman–Crippen MR) is 231 cm³/mol. The molecule has 0 saturated carbocycles. The molecule has 0 spiro atoms. The third-order valence-corrected chi connectivity index (χ3v) is 8.72. The van der Waals surface area contributed by atoms with Crippen LogP contribution in [0, 0.1) is 0 Å². The van der Waals surface area contributed by atoms with Gasteiger partial charge in [0.1, 0.15) is 12.6 Å². The molecule has 0 rings (SSSR count). The van der Waals surface area contributed by atoms with Crippen molar-refractivity contribution in [2.45, 2.75) is 148 Å². The largest absolute Gasteiger partial charge is 0.544 e. The Kier molecular flexibility index (Phi) is 35.6. The summed E-state index contributed by atoms with van der Waals surface area (Å²) >= 11 is 0. The van der Waals surface area contributed by atoms with E-state index in [4.69, 9.17) is 14.2 Å². The van der Waals surface area contributed by atoms with Crippen molar-refractivity contribution < 1.29 is 38.2 Å². The fourth-order valence-corrected chi connectivity index (χ4v) is 5.46. The Morgan fingerprint density at radius 2 is 0.946 bits per heavy atom. The molecule has 0 N–H and O–H groups in total. The number of carboxylic acids is 1. The Balaban J connectivity index is 4.51. The van der Waals surface area contributed by atoms with Gasteiger partial charge in [-0.05, 0) is 89.9 Å². The average molecular weight is 780 g/mol. The fourth-order valence-electron chi connectivity index (χ4n) is 5.46. The van der Waals surface area contributed by atoms with Crippen LogP contribution in [-0.4, -0.2) is 75.5 Å². The zero-order valence-electron chi connectivity index (χ0n) is 35.8. The lowest BCUT2D eigenvalue weighted by atomic mass is 10.1. The third kappa shape index (κ3) is 35.9. The van der Waals surface area contributed by atoms with Gasteiger partial charge >= 0.3 is 11.9 Å². The van der Waals surface area contributed by atoms with Crippen LogP contribution in [0.4, 0.5) is 0 Å². The van der Waals surface area contributed by atoms with Crippen molar-refractivity contribution in [3.8, 4) is 0 Å². The lowest BCUT2D eigenvalue weighted by Gasteiger charge is -2.34. The van der Waals surface area contributed by atoms with Crippen molar-refractivity contribution >= 4 is 17.9 Å². The van der Waals surface area contributed by atoms with E-state index in [0.717, 1.165) is 96.3 Å². The molecule has 0 aliphatic heterocycles. The number of carbonyl (C=O) groups excluding carboxylic acids is 3. The number of ether oxygens (including phenoxy) is 3. The van der Waals surface area contributed by atoms with E-state index in [1.807, 2.05) is 0 Å². The third-order valence-electron chi connectivity index (χ3n) is 8.72. The van der Waals surface area contributed by atoms with E-state index in [-0.39, 0.29) is 55.5 Å². The monoisotopic (exact) mass is 780 g/mol. The number of esters is 2. The molecule has 0 aliphatic rings. The minimum Gasteiger partial charge on any atom is -0.544 e. The molecule has 0 aliphatic carbocycles. The highest BCUT2D eigenvalue weighted by molar-refractivity contribution is 5.70. The van der Waals surface area contributed by atoms with Crippen molar-refractivity contribution in [1.29, 1.82) is 0 Å². The summed E-state index contributed by atoms with van der Waals surface area (Å²) in [5.74, 6) is -1.84. The molecule has 0 heterocycles. The van der Waals surface area contributed by atoms with Crippen molar-refractivity contribution in [2.75, 3.05) is 41.0 Å². The normalized spacial score (nSPS) is 13.9. The molecule has 0 aromatic rings. The van der Waals surface area contributed by atoms with Crippen molar-refractivity contribution in [2.24, 2.45) is 0 Å². The number of carboxylic acid groups (broad SMARTS) is 1. The maximum Gasteiger partial charge on any atom is 0.306 e. The highest BCUT2D eigenvalue weighted by Crippen LogP contribution is 2.11. The Morgan fingerprint density at radius 3 is 1.41 bits per heavy atom. The Morgan fingerprint density at radius 1 is 0.536 bits per heavy atom. The maximum absolute atomic E-state index is 12.7. The molecule has 2 atom stereocenters. The van der Waals surface area contributed by atoms with E-state index in [0.29, 0.717) is 6.42 Å². The van der Waals surface area contributed by atoms with Crippen LogP contribution in [0.3, 0.4) is 0 Å². The molecule has 0 radical (unpaired) electrons. The van der Waals surface area contributed by atoms with Crippen molar-refractivity contribution in [3.63, 3.8) is 0 Å². The number of rotatable bonds is 36. The minimum atomic E-state index is -1.14. The van der Waals surface area contributed by atoms with Gasteiger partial charge in [-0.25, -0.2) is 0 Å². The van der Waals surface area contributed by atoms with Gasteiger partial charge in [0.05, 0.1) is 40.3 Å². The SMILES string of the molecule is CC/C=C\C/C=C\C/C=C\C/C=C\CCCCCCC(=O)OC(COCCC(C(=O)[O-])[N+](C)(C)C)COC(=O)CCCC/C=C\C/C=C\C/C=C\C/C=C\CC. The van der Waals surface area contributed by atoms with Crippen LogP contribution in [0.25, 0.3) is 0 Å². The van der Waals surface area contributed by atoms with Gasteiger partial charge in [0.15, 0.2) is 6.10 Å². The topological polar surface area (TPSA) is 102 Å². The summed E-state index contributed by atoms with van der Waals surface area (Å²) in [7, 11) is 5.37. The van der Waals surface area contributed by atoms with Crippen LogP contribution in [0.15, 0.2) is 97.2 Å². The molecular weight excluding hydrogens is 703 g/mol. The molecule has 0 aromatic carbocycles. The summed E-state index contributed by atoms with van der Waals surface area (Å²) in [6.45, 7) is 4.33. The van der Waals surface area contributed by atoms with Crippen molar-refractivity contribution in [1.82, 2.24) is 0 Å². The number of allylic oxidation sites excluding steroid dienone is 16. The van der Waals surface area contributed by atoms with Crippen LogP contribution >= 0.6 is 0 Å². The first kappa shape index (κ1) is 52.2. The van der Waals surface area contributed by atoms with Gasteiger partial charge in [-0.2, -0.15) is 0 Å². The number of carbonyl (C=O) groups is 3. The first-order chi connectivity index (χ1) is 27.1. The predicted octanol–water partition coefficient (Wildman–Crippen LogP) is 10.2. The maximum atomic E-state index is 12.7. The lowest BCUT2D eigenvalue weighted by molar-refractivity contribution is -0.889. The first-order valence-corrected chi connectivity index (χ1v) is 21.3. The molecule has 2 unspecified atom stereocenters. The smallest absolute Gasteiger partial charge is 0.306 e. The Labute approximate surface area is 341 Å². The average Bonchev–Trinajstić information content (AvgIpc) is 3.15. The summed E-state index contributed by atoms with van der Waals surface area (Å²) < 4.78 is 17.1. The molecule has 0 saturated heterocycles. The van der Waals surface area contributed by atoms with E-state index >= 15 is 0 Å². The fraction of sp³-hybridized carbons (Fsp3) is 0.604. The quantitative estimate of drug-likeness (QED) is 0.0270. The molecule has 8 heteroatoms. The summed E-state index contributed by atoms with van der Waals surface area (Å²) in [6, 6.07) is -0.742. The van der Waals surface area contributed by atoms with Crippen LogP contribution in [0.5, 0.6) is 0 Å². The molecule has 0 amide bonds. The standard InChI is InChI=1S/C48H77NO7/c1-6-8-10-12-14-16-18-20-22-23-25-27-29-31-33-35-37-39-47(51)56-44(42-54-41-40-45(48(52)53)49(3,4)5)43-55-46(50)38-36-34-32-30-28-26-24-21-19-17-15-13-11-9-7-2/h8-11,14-17,20-22,24-25,27-28,30,44-45H,6-7,12-13,18-19,23,26,29,31-43H2,1-5H3/b10-8-,11-9-,16-14-,17-15-,22-20-,24-21-,27-25-,30-28-. The number of hydrogen-bond acceptors (Lipinski definition) is 7. The summed E-state index contributed by atoms with van der Waals surface area (Å²) in [5, 5.41) is 11.6. The van der Waals surface area contributed by atoms with Gasteiger partial charge in [-0.15, -0.1) is 0 Å². The molecule has 0 fully saturated rings. The van der Waals surface area contributed by atoms with E-state index in [1.54, 1.807) is 21.1 Å². The van der Waals surface area contributed by atoms with Gasteiger partial charge < -0.3 is 28.6 Å². The summed E-state index contributed by atoms with van der Waals surface area (Å²) in [4.78, 5) is 36.8. The van der Waals surface area contributed by atoms with Gasteiger partial charge in [-0.3, -0.25) is 9.59 Å². The van der Waals surface area contributed by atoms with Gasteiger partial charge in [0.25, 0.3) is 0 Å². The van der Waals surface area contributed by atoms with Crippen LogP contribution in [0.2, 0.25) is 0 Å². The van der Waals surface area contributed by atoms with Gasteiger partial charge in [-0.1, -0.05) is 124 Å². The lowest BCUT2D eigenvalue weighted by Crippen LogP contribution is -2.55. The zero-order chi connectivity index (χ0) is 41.4. The molecular formula is C48H77NO7. The Hall–Kier alpha value is -3.75. The van der Waals surface area contributed by atoms with Crippen LogP contribution < -0.4 is 5.11 Å². The molecule has 8 nitrogen and oxygen atoms in total. The number of likely N-dealkylation sites (N-methyl/N-ethyl adjacent to an activating group) is 1. The number of quaternary nitrogens is 1. The van der Waals surface area contributed by atoms with Crippen LogP contribution in [0.1, 0.15) is 136 Å². The second-order valence-corrected chi connectivity index (χ2v) is 14.8. The number of hydrogen-bond donors (Lipinski definition) is 0. The molecule has 56 heavy (non-hydrogen) atoms. The minimum absolute atomic E-state index is 0.0105. The van der Waals surface area contributed by atoms with Crippen LogP contribution in [-0.2, 0) is 28.6 Å². The molecule has 0 bridgehead atoms. The van der Waals surface area contributed by atoms with E-state index in [9.17, 15) is 19.5 Å². The molecule has 316 valence electrons. The van der Waals surface area contributed by atoms with Gasteiger partial charge in [0, 0.05) is 19.3 Å². The second kappa shape index (κ2) is 38.1. The first-order valence-electron chi connectivity index (χ1n) is 21.3. The van der Waals surface area contributed by atoms with E-state index < -0.39 is 18.1 Å². The van der Waals surface area contributed by atoms with Gasteiger partial charge in [0.2, 0.25) is 0 Å². The molecule has 0 aromatic heterocycles. The number of aliphatic carboxylic acids is 1. The van der Waals surface area contributed by atoms with E-state index in [1.165, 1.54) is 0 Å². The number of unbranched alkanes of at least 4 members (excludes halogenated alkanes) is 6. The van der Waals surface area contributed by atoms with Crippen molar-refractivity contribution in [3.05, 3.63) is 97.2 Å².